The highest BCUT2D eigenvalue weighted by Crippen LogP contribution is 2.20. The van der Waals surface area contributed by atoms with Crippen molar-refractivity contribution in [1.82, 2.24) is 10.3 Å². The van der Waals surface area contributed by atoms with Crippen LogP contribution in [0.1, 0.15) is 24.3 Å². The van der Waals surface area contributed by atoms with Crippen molar-refractivity contribution in [3.63, 3.8) is 0 Å². The van der Waals surface area contributed by atoms with Crippen molar-refractivity contribution in [3.05, 3.63) is 48.3 Å². The van der Waals surface area contributed by atoms with Gasteiger partial charge in [-0.25, -0.2) is 4.98 Å². The summed E-state index contributed by atoms with van der Waals surface area (Å²) in [5.41, 5.74) is 2.10. The maximum atomic E-state index is 11.9. The average molecular weight is 329 g/mol. The number of carbonyl (C=O) groups is 1. The quantitative estimate of drug-likeness (QED) is 0.729. The molecule has 0 spiro atoms. The number of benzene rings is 1. The normalized spacial score (nSPS) is 10.5. The summed E-state index contributed by atoms with van der Waals surface area (Å²) in [6.07, 6.45) is 1.78. The minimum absolute atomic E-state index is 0.149. The highest BCUT2D eigenvalue weighted by molar-refractivity contribution is 5.92. The van der Waals surface area contributed by atoms with Crippen LogP contribution in [0.3, 0.4) is 0 Å². The molecule has 0 saturated heterocycles. The summed E-state index contributed by atoms with van der Waals surface area (Å²) in [6, 6.07) is 11.2. The fourth-order valence-electron chi connectivity index (χ4n) is 2.01. The number of rotatable bonds is 8. The Bertz CT molecular complexity index is 640. The number of hydrogen-bond donors (Lipinski definition) is 2. The van der Waals surface area contributed by atoms with Crippen LogP contribution in [0.2, 0.25) is 0 Å². The van der Waals surface area contributed by atoms with Crippen LogP contribution in [0.25, 0.3) is 0 Å². The van der Waals surface area contributed by atoms with Gasteiger partial charge in [0.1, 0.15) is 11.4 Å². The van der Waals surface area contributed by atoms with Crippen molar-refractivity contribution < 1.29 is 14.3 Å². The molecule has 0 bridgehead atoms. The van der Waals surface area contributed by atoms with Gasteiger partial charge >= 0.3 is 0 Å². The van der Waals surface area contributed by atoms with Crippen LogP contribution in [0.5, 0.6) is 5.75 Å². The monoisotopic (exact) mass is 329 g/mol. The van der Waals surface area contributed by atoms with Crippen molar-refractivity contribution in [3.8, 4) is 5.75 Å². The highest BCUT2D eigenvalue weighted by atomic mass is 16.5. The summed E-state index contributed by atoms with van der Waals surface area (Å²) in [4.78, 5) is 16.0. The Hall–Kier alpha value is -2.60. The van der Waals surface area contributed by atoms with E-state index in [-0.39, 0.29) is 12.0 Å². The first-order valence-corrected chi connectivity index (χ1v) is 7.85. The van der Waals surface area contributed by atoms with E-state index >= 15 is 0 Å². The van der Waals surface area contributed by atoms with E-state index in [0.29, 0.717) is 18.8 Å². The van der Waals surface area contributed by atoms with Gasteiger partial charge < -0.3 is 20.1 Å². The lowest BCUT2D eigenvalue weighted by molar-refractivity contribution is 0.0932. The lowest BCUT2D eigenvalue weighted by atomic mass is 10.2. The maximum Gasteiger partial charge on any atom is 0.269 e. The van der Waals surface area contributed by atoms with Gasteiger partial charge in [0.2, 0.25) is 0 Å². The fraction of sp³-hybridized carbons (Fsp3) is 0.333. The Morgan fingerprint density at radius 3 is 2.42 bits per heavy atom. The first kappa shape index (κ1) is 17.7. The second-order valence-electron chi connectivity index (χ2n) is 5.50. The van der Waals surface area contributed by atoms with Crippen LogP contribution in [0, 0.1) is 0 Å². The zero-order valence-corrected chi connectivity index (χ0v) is 14.2. The number of aromatic nitrogens is 1. The summed E-state index contributed by atoms with van der Waals surface area (Å²) in [5, 5.41) is 5.96. The molecule has 6 nitrogen and oxygen atoms in total. The third-order valence-electron chi connectivity index (χ3n) is 3.10. The number of hydrogen-bond acceptors (Lipinski definition) is 5. The molecule has 2 rings (SSSR count). The van der Waals surface area contributed by atoms with Gasteiger partial charge in [-0.15, -0.1) is 0 Å². The van der Waals surface area contributed by atoms with Crippen LogP contribution in [0.4, 0.5) is 11.4 Å². The van der Waals surface area contributed by atoms with Gasteiger partial charge in [0.25, 0.3) is 5.91 Å². The van der Waals surface area contributed by atoms with Crippen LogP contribution in [-0.4, -0.2) is 37.3 Å². The molecule has 128 valence electrons. The largest absolute Gasteiger partial charge is 0.491 e. The van der Waals surface area contributed by atoms with Crippen LogP contribution in [0.15, 0.2) is 42.6 Å². The van der Waals surface area contributed by atoms with Gasteiger partial charge in [-0.3, -0.25) is 4.79 Å². The van der Waals surface area contributed by atoms with E-state index < -0.39 is 0 Å². The minimum Gasteiger partial charge on any atom is -0.491 e. The Balaban J connectivity index is 1.92. The molecule has 2 aromatic rings. The predicted octanol–water partition coefficient (Wildman–Crippen LogP) is 2.99. The number of pyridine rings is 1. The fourth-order valence-corrected chi connectivity index (χ4v) is 2.01. The van der Waals surface area contributed by atoms with Gasteiger partial charge in [0.05, 0.1) is 24.6 Å². The van der Waals surface area contributed by atoms with E-state index in [1.54, 1.807) is 19.4 Å². The molecule has 24 heavy (non-hydrogen) atoms. The molecule has 0 aliphatic heterocycles. The molecule has 6 heteroatoms. The Kier molecular flexibility index (Phi) is 6.57. The molecule has 0 aliphatic rings. The maximum absolute atomic E-state index is 11.9. The van der Waals surface area contributed by atoms with E-state index in [0.717, 1.165) is 17.1 Å². The SMILES string of the molecule is COCCNC(=O)c1ccc(Nc2ccc(OC(C)C)cc2)cn1. The highest BCUT2D eigenvalue weighted by Gasteiger charge is 2.06. The Labute approximate surface area is 142 Å². The Morgan fingerprint density at radius 1 is 1.12 bits per heavy atom. The van der Waals surface area contributed by atoms with Gasteiger partial charge in [0, 0.05) is 19.3 Å². The summed E-state index contributed by atoms with van der Waals surface area (Å²) in [6.45, 7) is 4.92. The molecule has 0 radical (unpaired) electrons. The van der Waals surface area contributed by atoms with Gasteiger partial charge in [-0.1, -0.05) is 0 Å². The van der Waals surface area contributed by atoms with E-state index in [1.807, 2.05) is 44.2 Å². The third-order valence-corrected chi connectivity index (χ3v) is 3.10. The predicted molar refractivity (Wildman–Crippen MR) is 93.9 cm³/mol. The number of anilines is 2. The van der Waals surface area contributed by atoms with Crippen molar-refractivity contribution >= 4 is 17.3 Å². The average Bonchev–Trinajstić information content (AvgIpc) is 2.57. The van der Waals surface area contributed by atoms with Crippen LogP contribution < -0.4 is 15.4 Å². The first-order chi connectivity index (χ1) is 11.6. The molecule has 2 N–H and O–H groups in total. The topological polar surface area (TPSA) is 72.5 Å². The number of nitrogens with one attached hydrogen (secondary N) is 2. The lowest BCUT2D eigenvalue weighted by Gasteiger charge is -2.11. The van der Waals surface area contributed by atoms with Crippen molar-refractivity contribution in [2.75, 3.05) is 25.6 Å². The number of carbonyl (C=O) groups excluding carboxylic acids is 1. The molecular formula is C18H23N3O3. The zero-order chi connectivity index (χ0) is 17.4. The van der Waals surface area contributed by atoms with Crippen molar-refractivity contribution in [1.29, 1.82) is 0 Å². The van der Waals surface area contributed by atoms with Crippen molar-refractivity contribution in [2.24, 2.45) is 0 Å². The molecule has 1 heterocycles. The third kappa shape index (κ3) is 5.55. The van der Waals surface area contributed by atoms with Crippen molar-refractivity contribution in [2.45, 2.75) is 20.0 Å². The van der Waals surface area contributed by atoms with Gasteiger partial charge in [-0.2, -0.15) is 0 Å². The number of ether oxygens (including phenoxy) is 2. The van der Waals surface area contributed by atoms with Gasteiger partial charge in [-0.05, 0) is 50.2 Å². The van der Waals surface area contributed by atoms with Crippen LogP contribution >= 0.6 is 0 Å². The number of methoxy groups -OCH3 is 1. The standard InChI is InChI=1S/C18H23N3O3/c1-13(2)24-16-7-4-14(5-8-16)21-15-6-9-17(20-12-15)18(22)19-10-11-23-3/h4-9,12-13,21H,10-11H2,1-3H3,(H,19,22). The molecule has 0 unspecified atom stereocenters. The number of amides is 1. The lowest BCUT2D eigenvalue weighted by Crippen LogP contribution is -2.27. The summed E-state index contributed by atoms with van der Waals surface area (Å²) >= 11 is 0. The van der Waals surface area contributed by atoms with E-state index in [1.165, 1.54) is 0 Å². The smallest absolute Gasteiger partial charge is 0.269 e. The second-order valence-corrected chi connectivity index (χ2v) is 5.50. The molecule has 1 amide bonds. The molecule has 0 aliphatic carbocycles. The number of nitrogens with zero attached hydrogens (tertiary/aromatic N) is 1. The minimum atomic E-state index is -0.214. The Morgan fingerprint density at radius 2 is 1.83 bits per heavy atom. The van der Waals surface area contributed by atoms with E-state index in [2.05, 4.69) is 15.6 Å². The molecule has 0 atom stereocenters. The molecule has 0 fully saturated rings. The molecule has 0 saturated carbocycles. The van der Waals surface area contributed by atoms with E-state index in [9.17, 15) is 4.79 Å². The summed E-state index contributed by atoms with van der Waals surface area (Å²) in [5.74, 6) is 0.616. The molecule has 1 aromatic heterocycles. The summed E-state index contributed by atoms with van der Waals surface area (Å²) in [7, 11) is 1.59. The van der Waals surface area contributed by atoms with E-state index in [4.69, 9.17) is 9.47 Å². The summed E-state index contributed by atoms with van der Waals surface area (Å²) < 4.78 is 10.5. The molecule has 1 aromatic carbocycles. The zero-order valence-electron chi connectivity index (χ0n) is 14.2. The van der Waals surface area contributed by atoms with Gasteiger partial charge in [0.15, 0.2) is 0 Å². The first-order valence-electron chi connectivity index (χ1n) is 7.85. The molecular weight excluding hydrogens is 306 g/mol. The second kappa shape index (κ2) is 8.88. The van der Waals surface area contributed by atoms with Crippen LogP contribution in [-0.2, 0) is 4.74 Å².